The predicted octanol–water partition coefficient (Wildman–Crippen LogP) is 1.42. The molecule has 110 valence electrons. The van der Waals surface area contributed by atoms with Crippen molar-refractivity contribution in [2.45, 2.75) is 6.42 Å². The van der Waals surface area contributed by atoms with Crippen LogP contribution < -0.4 is 10.6 Å². The Kier molecular flexibility index (Phi) is 4.31. The number of rotatable bonds is 4. The molecule has 1 aliphatic rings. The van der Waals surface area contributed by atoms with Crippen LogP contribution in [0.2, 0.25) is 0 Å². The van der Waals surface area contributed by atoms with Crippen molar-refractivity contribution in [2.75, 3.05) is 43.4 Å². The van der Waals surface area contributed by atoms with E-state index in [1.807, 2.05) is 36.7 Å². The van der Waals surface area contributed by atoms with E-state index in [0.29, 0.717) is 5.82 Å². The van der Waals surface area contributed by atoms with Crippen LogP contribution in [0.3, 0.4) is 0 Å². The molecule has 0 atom stereocenters. The summed E-state index contributed by atoms with van der Waals surface area (Å²) in [6.45, 7) is 5.31. The van der Waals surface area contributed by atoms with Gasteiger partial charge in [-0.15, -0.1) is 0 Å². The van der Waals surface area contributed by atoms with E-state index in [4.69, 9.17) is 5.73 Å². The molecule has 2 N–H and O–H groups in total. The van der Waals surface area contributed by atoms with Gasteiger partial charge in [0, 0.05) is 51.0 Å². The minimum Gasteiger partial charge on any atom is -0.384 e. The molecule has 2 aromatic rings. The molecule has 0 aliphatic carbocycles. The Bertz CT molecular complexity index is 547. The van der Waals surface area contributed by atoms with E-state index in [0.717, 1.165) is 44.8 Å². The third-order valence-corrected chi connectivity index (χ3v) is 3.92. The van der Waals surface area contributed by atoms with E-state index < -0.39 is 0 Å². The molecule has 3 heterocycles. The SMILES string of the molecule is Nc1ccc(N2CCN(CCc3ccccn3)CC2)cn1. The molecule has 1 saturated heterocycles. The van der Waals surface area contributed by atoms with Crippen molar-refractivity contribution in [3.05, 3.63) is 48.4 Å². The zero-order chi connectivity index (χ0) is 14.5. The summed E-state index contributed by atoms with van der Waals surface area (Å²) in [6.07, 6.45) is 4.74. The smallest absolute Gasteiger partial charge is 0.123 e. The second-order valence-corrected chi connectivity index (χ2v) is 5.34. The van der Waals surface area contributed by atoms with Crippen LogP contribution in [0.25, 0.3) is 0 Å². The molecule has 5 nitrogen and oxygen atoms in total. The molecule has 5 heteroatoms. The maximum Gasteiger partial charge on any atom is 0.123 e. The van der Waals surface area contributed by atoms with Gasteiger partial charge in [0.05, 0.1) is 11.9 Å². The molecule has 21 heavy (non-hydrogen) atoms. The van der Waals surface area contributed by atoms with Crippen molar-refractivity contribution in [3.63, 3.8) is 0 Å². The van der Waals surface area contributed by atoms with E-state index in [-0.39, 0.29) is 0 Å². The van der Waals surface area contributed by atoms with Gasteiger partial charge in [-0.25, -0.2) is 4.98 Å². The highest BCUT2D eigenvalue weighted by molar-refractivity contribution is 5.48. The summed E-state index contributed by atoms with van der Waals surface area (Å²) in [5.74, 6) is 0.577. The quantitative estimate of drug-likeness (QED) is 0.919. The van der Waals surface area contributed by atoms with Gasteiger partial charge >= 0.3 is 0 Å². The zero-order valence-electron chi connectivity index (χ0n) is 12.2. The van der Waals surface area contributed by atoms with Gasteiger partial charge in [0.15, 0.2) is 0 Å². The van der Waals surface area contributed by atoms with Gasteiger partial charge < -0.3 is 10.6 Å². The van der Waals surface area contributed by atoms with E-state index >= 15 is 0 Å². The number of anilines is 2. The Labute approximate surface area is 125 Å². The molecule has 0 unspecified atom stereocenters. The number of nitrogens with two attached hydrogens (primary N) is 1. The summed E-state index contributed by atoms with van der Waals surface area (Å²) in [7, 11) is 0. The summed E-state index contributed by atoms with van der Waals surface area (Å²) in [4.78, 5) is 13.4. The van der Waals surface area contributed by atoms with Crippen LogP contribution in [0.1, 0.15) is 5.69 Å². The first kappa shape index (κ1) is 13.8. The first-order valence-corrected chi connectivity index (χ1v) is 7.40. The molecule has 2 aromatic heterocycles. The largest absolute Gasteiger partial charge is 0.384 e. The molecular formula is C16H21N5. The lowest BCUT2D eigenvalue weighted by Crippen LogP contribution is -2.47. The monoisotopic (exact) mass is 283 g/mol. The Morgan fingerprint density at radius 2 is 1.86 bits per heavy atom. The summed E-state index contributed by atoms with van der Waals surface area (Å²) in [6, 6.07) is 10.0. The van der Waals surface area contributed by atoms with Gasteiger partial charge in [0.2, 0.25) is 0 Å². The van der Waals surface area contributed by atoms with Crippen LogP contribution in [0, 0.1) is 0 Å². The van der Waals surface area contributed by atoms with Crippen molar-refractivity contribution >= 4 is 11.5 Å². The fourth-order valence-electron chi connectivity index (χ4n) is 2.63. The van der Waals surface area contributed by atoms with Gasteiger partial charge in [-0.3, -0.25) is 9.88 Å². The number of aromatic nitrogens is 2. The van der Waals surface area contributed by atoms with Gasteiger partial charge in [-0.05, 0) is 24.3 Å². The lowest BCUT2D eigenvalue weighted by Gasteiger charge is -2.35. The topological polar surface area (TPSA) is 58.3 Å². The summed E-state index contributed by atoms with van der Waals surface area (Å²) >= 11 is 0. The summed E-state index contributed by atoms with van der Waals surface area (Å²) in [5.41, 5.74) is 7.96. The highest BCUT2D eigenvalue weighted by Crippen LogP contribution is 2.16. The minimum atomic E-state index is 0.577. The third kappa shape index (κ3) is 3.70. The fourth-order valence-corrected chi connectivity index (χ4v) is 2.63. The zero-order valence-corrected chi connectivity index (χ0v) is 12.2. The summed E-state index contributed by atoms with van der Waals surface area (Å²) in [5, 5.41) is 0. The highest BCUT2D eigenvalue weighted by Gasteiger charge is 2.17. The molecule has 0 amide bonds. The number of nitrogens with zero attached hydrogens (tertiary/aromatic N) is 4. The maximum atomic E-state index is 5.63. The van der Waals surface area contributed by atoms with Gasteiger partial charge in [-0.1, -0.05) is 6.07 Å². The first-order valence-electron chi connectivity index (χ1n) is 7.40. The van der Waals surface area contributed by atoms with Crippen molar-refractivity contribution in [1.82, 2.24) is 14.9 Å². The summed E-state index contributed by atoms with van der Waals surface area (Å²) < 4.78 is 0. The van der Waals surface area contributed by atoms with E-state index in [1.165, 1.54) is 5.69 Å². The average molecular weight is 283 g/mol. The standard InChI is InChI=1S/C16H21N5/c17-16-5-4-15(13-19-16)21-11-9-20(10-12-21)8-6-14-3-1-2-7-18-14/h1-5,7,13H,6,8-12H2,(H2,17,19). The predicted molar refractivity (Wildman–Crippen MR) is 85.2 cm³/mol. The highest BCUT2D eigenvalue weighted by atomic mass is 15.3. The third-order valence-electron chi connectivity index (χ3n) is 3.92. The molecule has 1 aliphatic heterocycles. The molecule has 0 saturated carbocycles. The number of piperazine rings is 1. The Morgan fingerprint density at radius 1 is 1.00 bits per heavy atom. The van der Waals surface area contributed by atoms with Gasteiger partial charge in [-0.2, -0.15) is 0 Å². The molecule has 0 spiro atoms. The van der Waals surface area contributed by atoms with Crippen LogP contribution in [0.5, 0.6) is 0 Å². The minimum absolute atomic E-state index is 0.577. The van der Waals surface area contributed by atoms with E-state index in [1.54, 1.807) is 0 Å². The normalized spacial score (nSPS) is 16.1. The van der Waals surface area contributed by atoms with Crippen LogP contribution in [0.15, 0.2) is 42.7 Å². The Morgan fingerprint density at radius 3 is 2.52 bits per heavy atom. The van der Waals surface area contributed by atoms with Crippen molar-refractivity contribution in [1.29, 1.82) is 0 Å². The lowest BCUT2D eigenvalue weighted by molar-refractivity contribution is 0.260. The molecule has 0 bridgehead atoms. The maximum absolute atomic E-state index is 5.63. The molecule has 0 aromatic carbocycles. The Hall–Kier alpha value is -2.14. The number of pyridine rings is 2. The van der Waals surface area contributed by atoms with Crippen LogP contribution in [-0.4, -0.2) is 47.6 Å². The number of nitrogen functional groups attached to an aromatic ring is 1. The average Bonchev–Trinajstić information content (AvgIpc) is 2.55. The second kappa shape index (κ2) is 6.54. The molecule has 0 radical (unpaired) electrons. The number of hydrogen-bond acceptors (Lipinski definition) is 5. The van der Waals surface area contributed by atoms with Crippen molar-refractivity contribution in [2.24, 2.45) is 0 Å². The van der Waals surface area contributed by atoms with Crippen LogP contribution >= 0.6 is 0 Å². The Balaban J connectivity index is 1.48. The lowest BCUT2D eigenvalue weighted by atomic mass is 10.2. The van der Waals surface area contributed by atoms with Crippen molar-refractivity contribution < 1.29 is 0 Å². The number of hydrogen-bond donors (Lipinski definition) is 1. The van der Waals surface area contributed by atoms with Gasteiger partial charge in [0.25, 0.3) is 0 Å². The van der Waals surface area contributed by atoms with E-state index in [2.05, 4.69) is 25.8 Å². The molecule has 3 rings (SSSR count). The fraction of sp³-hybridized carbons (Fsp3) is 0.375. The molecule has 1 fully saturated rings. The second-order valence-electron chi connectivity index (χ2n) is 5.34. The van der Waals surface area contributed by atoms with Gasteiger partial charge in [0.1, 0.15) is 5.82 Å². The van der Waals surface area contributed by atoms with Crippen LogP contribution in [-0.2, 0) is 6.42 Å². The first-order chi connectivity index (χ1) is 10.3. The van der Waals surface area contributed by atoms with Crippen molar-refractivity contribution in [3.8, 4) is 0 Å². The van der Waals surface area contributed by atoms with Crippen LogP contribution in [0.4, 0.5) is 11.5 Å². The van der Waals surface area contributed by atoms with E-state index in [9.17, 15) is 0 Å². The molecular weight excluding hydrogens is 262 g/mol.